The molecule has 2 aromatic rings. The minimum absolute atomic E-state index is 0.0144. The summed E-state index contributed by atoms with van der Waals surface area (Å²) in [5.41, 5.74) is -0.986. The molecule has 4 N–H and O–H groups in total. The van der Waals surface area contributed by atoms with Gasteiger partial charge in [0.2, 0.25) is 23.6 Å². The number of rotatable bonds is 20. The number of benzene rings is 2. The molecular formula is C40H57N5O7. The van der Waals surface area contributed by atoms with Gasteiger partial charge in [0.05, 0.1) is 35.1 Å². The van der Waals surface area contributed by atoms with Crippen LogP contribution in [-0.4, -0.2) is 103 Å². The third-order valence-electron chi connectivity index (χ3n) is 8.41. The van der Waals surface area contributed by atoms with Crippen LogP contribution in [0.5, 0.6) is 0 Å². The van der Waals surface area contributed by atoms with Gasteiger partial charge in [-0.2, -0.15) is 0 Å². The van der Waals surface area contributed by atoms with Gasteiger partial charge in [0.15, 0.2) is 5.78 Å². The average molecular weight is 733 g/mol. The minimum Gasteiger partial charge on any atom is -0.379 e. The molecule has 4 amide bonds. The first-order valence-corrected chi connectivity index (χ1v) is 17.2. The highest BCUT2D eigenvalue weighted by molar-refractivity contribution is 5.98. The summed E-state index contributed by atoms with van der Waals surface area (Å²) in [6.07, 6.45) is -1.37. The van der Waals surface area contributed by atoms with Gasteiger partial charge in [0, 0.05) is 34.5 Å². The molecular weight excluding hydrogens is 662 g/mol. The van der Waals surface area contributed by atoms with Crippen LogP contribution >= 0.6 is 0 Å². The first kappa shape index (κ1) is 25.8. The fourth-order valence-electron chi connectivity index (χ4n) is 5.58. The fourth-order valence-corrected chi connectivity index (χ4v) is 5.58. The molecule has 2 aliphatic rings. The Morgan fingerprint density at radius 2 is 1.37 bits per heavy atom. The first-order chi connectivity index (χ1) is 29.8. The van der Waals surface area contributed by atoms with E-state index >= 15 is 0 Å². The quantitative estimate of drug-likeness (QED) is 0.151. The van der Waals surface area contributed by atoms with E-state index in [4.69, 9.17) is 27.3 Å². The lowest BCUT2D eigenvalue weighted by Gasteiger charge is -2.29. The number of epoxide rings is 1. The Balaban J connectivity index is 1.65. The molecule has 2 heterocycles. The number of carbonyl (C=O) groups excluding carboxylic acids is 5. The second-order valence-electron chi connectivity index (χ2n) is 13.3. The van der Waals surface area contributed by atoms with Crippen LogP contribution in [0, 0.1) is 11.8 Å². The molecule has 0 unspecified atom stereocenters. The monoisotopic (exact) mass is 733 g/mol. The van der Waals surface area contributed by atoms with Crippen molar-refractivity contribution in [2.45, 2.75) is 96.3 Å². The first-order valence-electron chi connectivity index (χ1n) is 23.7. The van der Waals surface area contributed by atoms with E-state index in [2.05, 4.69) is 21.3 Å². The summed E-state index contributed by atoms with van der Waals surface area (Å²) in [4.78, 5) is 70.8. The predicted molar refractivity (Wildman–Crippen MR) is 198 cm³/mol. The molecule has 5 atom stereocenters. The van der Waals surface area contributed by atoms with Gasteiger partial charge < -0.3 is 30.7 Å². The summed E-state index contributed by atoms with van der Waals surface area (Å²) in [5.74, 6) is -8.66. The van der Waals surface area contributed by atoms with Crippen molar-refractivity contribution >= 4 is 29.4 Å². The summed E-state index contributed by atoms with van der Waals surface area (Å²) in [7, 11) is 0. The molecule has 2 aromatic carbocycles. The van der Waals surface area contributed by atoms with Gasteiger partial charge in [-0.25, -0.2) is 0 Å². The van der Waals surface area contributed by atoms with Crippen molar-refractivity contribution < 1.29 is 51.3 Å². The highest BCUT2D eigenvalue weighted by atomic mass is 16.6. The number of ketones is 1. The normalized spacial score (nSPS) is 26.9. The van der Waals surface area contributed by atoms with E-state index in [9.17, 15) is 24.0 Å². The second kappa shape index (κ2) is 19.6. The van der Waals surface area contributed by atoms with Crippen LogP contribution in [0.15, 0.2) is 60.7 Å². The van der Waals surface area contributed by atoms with Crippen LogP contribution in [-0.2, 0) is 46.3 Å². The molecule has 0 saturated carbocycles. The maximum Gasteiger partial charge on any atom is 0.243 e. The smallest absolute Gasteiger partial charge is 0.243 e. The lowest BCUT2D eigenvalue weighted by Crippen LogP contribution is -2.59. The Morgan fingerprint density at radius 1 is 0.808 bits per heavy atom. The third-order valence-corrected chi connectivity index (χ3v) is 8.41. The van der Waals surface area contributed by atoms with Crippen LogP contribution < -0.4 is 21.3 Å². The van der Waals surface area contributed by atoms with Crippen molar-refractivity contribution in [3.8, 4) is 0 Å². The van der Waals surface area contributed by atoms with Crippen LogP contribution in [0.1, 0.15) is 82.7 Å². The van der Waals surface area contributed by atoms with Crippen LogP contribution in [0.3, 0.4) is 0 Å². The van der Waals surface area contributed by atoms with Gasteiger partial charge in [-0.3, -0.25) is 28.9 Å². The Kier molecular flexibility index (Phi) is 9.73. The summed E-state index contributed by atoms with van der Waals surface area (Å²) < 4.78 is 115. The van der Waals surface area contributed by atoms with E-state index in [1.165, 1.54) is 0 Å². The molecule has 52 heavy (non-hydrogen) atoms. The van der Waals surface area contributed by atoms with Crippen LogP contribution in [0.2, 0.25) is 0 Å². The van der Waals surface area contributed by atoms with Crippen LogP contribution in [0.4, 0.5) is 0 Å². The molecule has 0 bridgehead atoms. The van der Waals surface area contributed by atoms with Gasteiger partial charge in [-0.15, -0.1) is 0 Å². The highest BCUT2D eigenvalue weighted by Gasteiger charge is 2.50. The summed E-state index contributed by atoms with van der Waals surface area (Å²) >= 11 is 0. The zero-order valence-electron chi connectivity index (χ0n) is 42.6. The number of nitrogens with zero attached hydrogens (tertiary/aromatic N) is 1. The van der Waals surface area contributed by atoms with Crippen LogP contribution in [0.25, 0.3) is 0 Å². The number of Topliss-reactive ketones (excluding diaryl/α,β-unsaturated/α-hetero) is 1. The number of hydrogen-bond acceptors (Lipinski definition) is 8. The third kappa shape index (κ3) is 13.1. The Labute approximate surface area is 326 Å². The van der Waals surface area contributed by atoms with Gasteiger partial charge in [0.25, 0.3) is 0 Å². The van der Waals surface area contributed by atoms with E-state index < -0.39 is 125 Å². The largest absolute Gasteiger partial charge is 0.379 e. The molecule has 4 rings (SSSR count). The van der Waals surface area contributed by atoms with Crippen molar-refractivity contribution in [2.24, 2.45) is 11.8 Å². The minimum atomic E-state index is -3.53. The van der Waals surface area contributed by atoms with Crippen molar-refractivity contribution in [2.75, 3.05) is 39.3 Å². The average Bonchev–Trinajstić information content (AvgIpc) is 3.73. The summed E-state index contributed by atoms with van der Waals surface area (Å²) in [6.45, 7) is -11.7. The zero-order chi connectivity index (χ0) is 49.0. The maximum atomic E-state index is 14.3. The fraction of sp³-hybridized carbons (Fsp3) is 0.575. The standard InChI is InChI=1S/C40H57N5O7/c1-27(2)22-32(36(47)40(5)26-52-40)42-39(50)34(24-30-14-10-7-11-15-30)44-38(49)33(23-28(3)4)43-37(48)31(17-16-29-12-8-6-9-13-29)41-35(46)25-45-18-20-51-21-19-45/h6-15,27-28,31-34H,16-26H2,1-5H3,(H,41,46)(H,42,50)(H,43,48)(H,44,49)/t31-,32-,33-,34-,40+/m0/s1/i1D3,2D3,18D2,19D2,26D2,27D. The van der Waals surface area contributed by atoms with E-state index in [1.807, 2.05) is 0 Å². The van der Waals surface area contributed by atoms with E-state index in [0.29, 0.717) is 10.5 Å². The molecule has 0 aliphatic carbocycles. The van der Waals surface area contributed by atoms with Gasteiger partial charge in [0.1, 0.15) is 23.7 Å². The van der Waals surface area contributed by atoms with Crippen molar-refractivity contribution in [3.05, 3.63) is 71.8 Å². The Bertz CT molecular complexity index is 1980. The van der Waals surface area contributed by atoms with Gasteiger partial charge in [-0.1, -0.05) is 88.2 Å². The maximum absolute atomic E-state index is 14.3. The number of morpholine rings is 1. The lowest BCUT2D eigenvalue weighted by atomic mass is 9.93. The Morgan fingerprint density at radius 3 is 1.96 bits per heavy atom. The highest BCUT2D eigenvalue weighted by Crippen LogP contribution is 2.29. The molecule has 0 spiro atoms. The number of hydrogen-bond donors (Lipinski definition) is 4. The molecule has 0 aromatic heterocycles. The number of aryl methyl sites for hydroxylation is 1. The molecule has 2 saturated heterocycles. The topological polar surface area (TPSA) is 158 Å². The molecule has 0 radical (unpaired) electrons. The van der Waals surface area contributed by atoms with E-state index in [-0.39, 0.29) is 31.6 Å². The number of carbonyl (C=O) groups is 5. The number of ether oxygens (including phenoxy) is 2. The summed E-state index contributed by atoms with van der Waals surface area (Å²) in [5, 5.41) is 10.1. The molecule has 2 aliphatic heterocycles. The Hall–Kier alpha value is -4.13. The van der Waals surface area contributed by atoms with Crippen molar-refractivity contribution in [3.63, 3.8) is 0 Å². The predicted octanol–water partition coefficient (Wildman–Crippen LogP) is 2.58. The lowest BCUT2D eigenvalue weighted by molar-refractivity contribution is -0.135. The van der Waals surface area contributed by atoms with Crippen molar-refractivity contribution in [1.29, 1.82) is 0 Å². The molecule has 284 valence electrons. The second-order valence-corrected chi connectivity index (χ2v) is 13.3. The van der Waals surface area contributed by atoms with Crippen molar-refractivity contribution in [1.82, 2.24) is 26.2 Å². The SMILES string of the molecule is [2H]C1([2H])COCC([2H])([2H])N1CC(=O)N[C@@H](CCc1ccccc1)C(=O)N[C@@H](CC(C)C)C(=O)N[C@@H](Cc1ccccc1)C(=O)N[C@@H](CC([2H])(C([2H])([2H])[2H])C([2H])([2H])[2H])C(=O)[C@]1(C)OC1([2H])[2H]. The number of nitrogens with one attached hydrogen (secondary N) is 4. The van der Waals surface area contributed by atoms with E-state index in [0.717, 1.165) is 12.5 Å². The number of amides is 4. The van der Waals surface area contributed by atoms with E-state index in [1.54, 1.807) is 74.5 Å². The zero-order valence-corrected chi connectivity index (χ0v) is 29.6. The van der Waals surface area contributed by atoms with Gasteiger partial charge in [-0.05, 0) is 55.5 Å². The molecule has 12 heteroatoms. The summed E-state index contributed by atoms with van der Waals surface area (Å²) in [6, 6.07) is 10.7. The molecule has 12 nitrogen and oxygen atoms in total. The molecule has 2 fully saturated rings. The van der Waals surface area contributed by atoms with Gasteiger partial charge >= 0.3 is 0 Å².